The Morgan fingerprint density at radius 2 is 1.72 bits per heavy atom. The maximum absolute atomic E-state index is 14.2. The SMILES string of the molecule is CC(=O)Oc1cc(O)c2c3c1O[C@H]1[C@@H](N(CC(C)C)C(=O)CCCCCCCCCCc4ccccc4)CC[C@H]4[C@@H](C2)N(CC2CC2)CC[C@@]341. The Labute approximate surface area is 300 Å². The van der Waals surface area contributed by atoms with Crippen LogP contribution in [0.4, 0.5) is 0 Å². The minimum atomic E-state index is -0.419. The highest BCUT2D eigenvalue weighted by molar-refractivity contribution is 5.77. The molecule has 7 nitrogen and oxygen atoms in total. The van der Waals surface area contributed by atoms with Crippen molar-refractivity contribution in [2.45, 2.75) is 147 Å². The number of phenols is 1. The number of aryl methyl sites for hydroxylation is 1. The van der Waals surface area contributed by atoms with Crippen molar-refractivity contribution in [2.75, 3.05) is 19.6 Å². The standard InChI is InChI=1S/C43H60N2O5/c1-29(2)27-45(39(48)18-14-9-7-5-4-6-8-11-15-31-16-12-10-13-17-31)35-22-21-34-36-25-33-37(47)26-38(49-30(3)46)41-40(33)43(34,42(35)50-41)23-24-44(36)28-32-19-20-32/h10,12-13,16-17,26,29,32,34-36,42,47H,4-9,11,14-15,18-25,27-28H2,1-3H3/t34-,35-,36+,42-,43-/m0/s1. The van der Waals surface area contributed by atoms with Crippen LogP contribution in [0.1, 0.15) is 127 Å². The molecule has 3 aliphatic carbocycles. The molecule has 3 fully saturated rings. The number of unbranched alkanes of at least 4 members (excludes halogenated alkanes) is 7. The Bertz CT molecular complexity index is 1500. The van der Waals surface area contributed by atoms with Crippen LogP contribution in [0.25, 0.3) is 0 Å². The molecule has 2 saturated carbocycles. The first kappa shape index (κ1) is 35.3. The predicted molar refractivity (Wildman–Crippen MR) is 197 cm³/mol. The van der Waals surface area contributed by atoms with Gasteiger partial charge in [0, 0.05) is 55.1 Å². The lowest BCUT2D eigenvalue weighted by Gasteiger charge is -2.60. The van der Waals surface area contributed by atoms with E-state index < -0.39 is 5.97 Å². The summed E-state index contributed by atoms with van der Waals surface area (Å²) in [4.78, 5) is 31.3. The molecule has 2 aromatic rings. The minimum Gasteiger partial charge on any atom is -0.508 e. The smallest absolute Gasteiger partial charge is 0.308 e. The Morgan fingerprint density at radius 3 is 2.42 bits per heavy atom. The first-order valence-electron chi connectivity index (χ1n) is 20.1. The lowest BCUT2D eigenvalue weighted by atomic mass is 9.50. The van der Waals surface area contributed by atoms with E-state index in [1.54, 1.807) is 6.07 Å². The molecule has 50 heavy (non-hydrogen) atoms. The van der Waals surface area contributed by atoms with Crippen LogP contribution in [0.2, 0.25) is 0 Å². The second-order valence-corrected chi connectivity index (χ2v) is 16.7. The van der Waals surface area contributed by atoms with Crippen molar-refractivity contribution < 1.29 is 24.2 Å². The van der Waals surface area contributed by atoms with Gasteiger partial charge in [0.25, 0.3) is 0 Å². The van der Waals surface area contributed by atoms with Gasteiger partial charge < -0.3 is 19.5 Å². The third-order valence-corrected chi connectivity index (χ3v) is 12.7. The van der Waals surface area contributed by atoms with Gasteiger partial charge in [-0.2, -0.15) is 0 Å². The molecule has 7 rings (SSSR count). The van der Waals surface area contributed by atoms with Gasteiger partial charge in [0.15, 0.2) is 11.5 Å². The fraction of sp³-hybridized carbons (Fsp3) is 0.674. The van der Waals surface area contributed by atoms with Gasteiger partial charge in [0.1, 0.15) is 11.9 Å². The number of ether oxygens (including phenoxy) is 2. The van der Waals surface area contributed by atoms with Crippen molar-refractivity contribution in [3.05, 3.63) is 53.1 Å². The second kappa shape index (κ2) is 15.3. The number of hydrogen-bond acceptors (Lipinski definition) is 6. The number of nitrogens with zero attached hydrogens (tertiary/aromatic N) is 2. The average Bonchev–Trinajstić information content (AvgIpc) is 3.85. The zero-order valence-corrected chi connectivity index (χ0v) is 30.8. The van der Waals surface area contributed by atoms with Crippen molar-refractivity contribution in [3.63, 3.8) is 0 Å². The van der Waals surface area contributed by atoms with Crippen molar-refractivity contribution in [2.24, 2.45) is 17.8 Å². The molecule has 5 aliphatic rings. The molecule has 1 saturated heterocycles. The number of esters is 1. The highest BCUT2D eigenvalue weighted by Crippen LogP contribution is 2.66. The van der Waals surface area contributed by atoms with Crippen molar-refractivity contribution in [1.82, 2.24) is 9.80 Å². The number of carbonyl (C=O) groups excluding carboxylic acids is 2. The van der Waals surface area contributed by atoms with Crippen LogP contribution < -0.4 is 9.47 Å². The van der Waals surface area contributed by atoms with E-state index in [4.69, 9.17) is 9.47 Å². The molecular formula is C43H60N2O5. The van der Waals surface area contributed by atoms with Gasteiger partial charge in [0.05, 0.1) is 6.04 Å². The number of amides is 1. The van der Waals surface area contributed by atoms with E-state index in [-0.39, 0.29) is 29.2 Å². The molecule has 2 bridgehead atoms. The van der Waals surface area contributed by atoms with Crippen LogP contribution in [0.15, 0.2) is 36.4 Å². The number of likely N-dealkylation sites (tertiary alicyclic amines) is 1. The number of rotatable bonds is 17. The maximum Gasteiger partial charge on any atom is 0.308 e. The fourth-order valence-corrected chi connectivity index (χ4v) is 10.3. The summed E-state index contributed by atoms with van der Waals surface area (Å²) in [7, 11) is 0. The third kappa shape index (κ3) is 7.18. The van der Waals surface area contributed by atoms with Gasteiger partial charge in [-0.25, -0.2) is 0 Å². The fourth-order valence-electron chi connectivity index (χ4n) is 10.3. The van der Waals surface area contributed by atoms with E-state index in [0.717, 1.165) is 75.2 Å². The van der Waals surface area contributed by atoms with Crippen LogP contribution >= 0.6 is 0 Å². The summed E-state index contributed by atoms with van der Waals surface area (Å²) in [6.07, 6.45) is 17.5. The molecule has 2 aliphatic heterocycles. The Balaban J connectivity index is 1.01. The second-order valence-electron chi connectivity index (χ2n) is 16.7. The zero-order valence-electron chi connectivity index (χ0n) is 30.8. The van der Waals surface area contributed by atoms with Crippen molar-refractivity contribution in [3.8, 4) is 17.2 Å². The average molecular weight is 685 g/mol. The zero-order chi connectivity index (χ0) is 34.8. The van der Waals surface area contributed by atoms with Crippen molar-refractivity contribution in [1.29, 1.82) is 0 Å². The van der Waals surface area contributed by atoms with Crippen LogP contribution in [0.5, 0.6) is 17.2 Å². The van der Waals surface area contributed by atoms with E-state index >= 15 is 0 Å². The van der Waals surface area contributed by atoms with Crippen LogP contribution in [0.3, 0.4) is 0 Å². The summed E-state index contributed by atoms with van der Waals surface area (Å²) < 4.78 is 12.7. The molecule has 1 spiro atoms. The summed E-state index contributed by atoms with van der Waals surface area (Å²) >= 11 is 0. The van der Waals surface area contributed by atoms with Gasteiger partial charge >= 0.3 is 5.97 Å². The third-order valence-electron chi connectivity index (χ3n) is 12.7. The maximum atomic E-state index is 14.2. The van der Waals surface area contributed by atoms with Gasteiger partial charge in [0.2, 0.25) is 5.91 Å². The summed E-state index contributed by atoms with van der Waals surface area (Å²) in [6, 6.07) is 12.7. The molecule has 1 N–H and O–H groups in total. The lowest BCUT2D eigenvalue weighted by molar-refractivity contribution is -0.143. The Hall–Kier alpha value is -3.06. The summed E-state index contributed by atoms with van der Waals surface area (Å²) in [5.41, 5.74) is 3.20. The first-order chi connectivity index (χ1) is 24.3. The van der Waals surface area contributed by atoms with Gasteiger partial charge in [-0.1, -0.05) is 82.7 Å². The first-order valence-corrected chi connectivity index (χ1v) is 20.1. The predicted octanol–water partition coefficient (Wildman–Crippen LogP) is 8.37. The van der Waals surface area contributed by atoms with Crippen LogP contribution in [-0.2, 0) is 27.8 Å². The molecule has 2 aromatic carbocycles. The Morgan fingerprint density at radius 1 is 1.00 bits per heavy atom. The molecule has 7 heteroatoms. The molecule has 0 aromatic heterocycles. The van der Waals surface area contributed by atoms with Gasteiger partial charge in [-0.3, -0.25) is 14.5 Å². The molecule has 0 radical (unpaired) electrons. The van der Waals surface area contributed by atoms with Crippen LogP contribution in [-0.4, -0.2) is 64.6 Å². The quantitative estimate of drug-likeness (QED) is 0.103. The normalized spacial score (nSPS) is 26.4. The molecular weight excluding hydrogens is 624 g/mol. The molecule has 5 atom stereocenters. The molecule has 2 heterocycles. The van der Waals surface area contributed by atoms with Crippen molar-refractivity contribution >= 4 is 11.9 Å². The largest absolute Gasteiger partial charge is 0.508 e. The number of benzene rings is 2. The van der Waals surface area contributed by atoms with Gasteiger partial charge in [-0.15, -0.1) is 0 Å². The van der Waals surface area contributed by atoms with Gasteiger partial charge in [-0.05, 0) is 87.6 Å². The molecule has 272 valence electrons. The topological polar surface area (TPSA) is 79.3 Å². The van der Waals surface area contributed by atoms with E-state index in [2.05, 4.69) is 54.0 Å². The van der Waals surface area contributed by atoms with E-state index in [1.165, 1.54) is 70.3 Å². The van der Waals surface area contributed by atoms with E-state index in [9.17, 15) is 14.7 Å². The number of aromatic hydroxyl groups is 1. The summed E-state index contributed by atoms with van der Waals surface area (Å²) in [5.74, 6) is 2.55. The minimum absolute atomic E-state index is 0.0432. The molecule has 1 amide bonds. The Kier molecular flexibility index (Phi) is 10.8. The monoisotopic (exact) mass is 684 g/mol. The summed E-state index contributed by atoms with van der Waals surface area (Å²) in [5, 5.41) is 11.4. The molecule has 0 unspecified atom stereocenters. The number of hydrogen-bond donors (Lipinski definition) is 1. The van der Waals surface area contributed by atoms with E-state index in [0.29, 0.717) is 35.8 Å². The highest BCUT2D eigenvalue weighted by Gasteiger charge is 2.67. The number of phenolic OH excluding ortho intramolecular Hbond substituents is 1. The van der Waals surface area contributed by atoms with Crippen LogP contribution in [0, 0.1) is 17.8 Å². The van der Waals surface area contributed by atoms with E-state index in [1.807, 2.05) is 0 Å². The number of piperidine rings is 1. The number of carbonyl (C=O) groups is 2. The lowest BCUT2D eigenvalue weighted by Crippen LogP contribution is -2.69. The highest BCUT2D eigenvalue weighted by atomic mass is 16.6. The summed E-state index contributed by atoms with van der Waals surface area (Å²) in [6.45, 7) is 8.68.